The normalized spacial score (nSPS) is 23.3. The number of fused-ring (bicyclic) bond motifs is 1. The first kappa shape index (κ1) is 11.1. The summed E-state index contributed by atoms with van der Waals surface area (Å²) in [5.41, 5.74) is 0. The standard InChI is InChI=1S/C12H14N2O4/c15-10-3-1-8-7-13(5-6-14(8)10)11-4-2-9(18-11)12(16)17/h2,4,8H,1,3,5-7H2,(H,16,17). The molecule has 3 heterocycles. The van der Waals surface area contributed by atoms with Gasteiger partial charge in [-0.25, -0.2) is 4.79 Å². The van der Waals surface area contributed by atoms with Crippen molar-refractivity contribution in [3.63, 3.8) is 0 Å². The highest BCUT2D eigenvalue weighted by Gasteiger charge is 2.36. The molecule has 1 atom stereocenters. The molecule has 2 fully saturated rings. The summed E-state index contributed by atoms with van der Waals surface area (Å²) >= 11 is 0. The first-order chi connectivity index (χ1) is 8.65. The Labute approximate surface area is 104 Å². The van der Waals surface area contributed by atoms with E-state index in [0.29, 0.717) is 25.4 Å². The lowest BCUT2D eigenvalue weighted by Crippen LogP contribution is -2.51. The molecule has 2 aliphatic rings. The summed E-state index contributed by atoms with van der Waals surface area (Å²) < 4.78 is 5.28. The average molecular weight is 250 g/mol. The van der Waals surface area contributed by atoms with Crippen molar-refractivity contribution in [2.24, 2.45) is 0 Å². The van der Waals surface area contributed by atoms with Crippen LogP contribution in [0.3, 0.4) is 0 Å². The van der Waals surface area contributed by atoms with Crippen molar-refractivity contribution < 1.29 is 19.1 Å². The number of carbonyl (C=O) groups is 2. The Bertz CT molecular complexity index is 496. The molecule has 1 N–H and O–H groups in total. The smallest absolute Gasteiger partial charge is 0.371 e. The predicted molar refractivity (Wildman–Crippen MR) is 62.6 cm³/mol. The fraction of sp³-hybridized carbons (Fsp3) is 0.500. The van der Waals surface area contributed by atoms with Crippen molar-refractivity contribution in [1.29, 1.82) is 0 Å². The van der Waals surface area contributed by atoms with Gasteiger partial charge in [0.15, 0.2) is 5.88 Å². The molecule has 0 aliphatic carbocycles. The van der Waals surface area contributed by atoms with Crippen molar-refractivity contribution in [2.75, 3.05) is 24.5 Å². The number of rotatable bonds is 2. The fourth-order valence-electron chi connectivity index (χ4n) is 2.68. The quantitative estimate of drug-likeness (QED) is 0.840. The Morgan fingerprint density at radius 3 is 2.94 bits per heavy atom. The van der Waals surface area contributed by atoms with Crippen molar-refractivity contribution in [2.45, 2.75) is 18.9 Å². The van der Waals surface area contributed by atoms with E-state index >= 15 is 0 Å². The maximum Gasteiger partial charge on any atom is 0.371 e. The lowest BCUT2D eigenvalue weighted by Gasteiger charge is -2.37. The largest absolute Gasteiger partial charge is 0.475 e. The van der Waals surface area contributed by atoms with E-state index in [-0.39, 0.29) is 17.7 Å². The summed E-state index contributed by atoms with van der Waals surface area (Å²) in [6.45, 7) is 2.10. The third-order valence-corrected chi connectivity index (χ3v) is 3.61. The van der Waals surface area contributed by atoms with Crippen LogP contribution >= 0.6 is 0 Å². The third kappa shape index (κ3) is 1.73. The van der Waals surface area contributed by atoms with E-state index in [0.717, 1.165) is 13.0 Å². The van der Waals surface area contributed by atoms with Crippen LogP contribution in [0, 0.1) is 0 Å². The summed E-state index contributed by atoms with van der Waals surface area (Å²) in [4.78, 5) is 26.2. The zero-order valence-electron chi connectivity index (χ0n) is 9.83. The maximum atomic E-state index is 11.6. The third-order valence-electron chi connectivity index (χ3n) is 3.61. The Hall–Kier alpha value is -1.98. The van der Waals surface area contributed by atoms with Gasteiger partial charge in [0.05, 0.1) is 0 Å². The van der Waals surface area contributed by atoms with Crippen LogP contribution in [0.5, 0.6) is 0 Å². The van der Waals surface area contributed by atoms with E-state index in [1.165, 1.54) is 6.07 Å². The van der Waals surface area contributed by atoms with E-state index in [4.69, 9.17) is 9.52 Å². The molecule has 6 heteroatoms. The van der Waals surface area contributed by atoms with Gasteiger partial charge in [0.2, 0.25) is 11.7 Å². The number of carbonyl (C=O) groups excluding carboxylic acids is 1. The van der Waals surface area contributed by atoms with Gasteiger partial charge in [0.25, 0.3) is 0 Å². The molecule has 0 saturated carbocycles. The van der Waals surface area contributed by atoms with Crippen LogP contribution in [0.15, 0.2) is 16.5 Å². The van der Waals surface area contributed by atoms with Crippen LogP contribution in [0.4, 0.5) is 5.88 Å². The number of aromatic carboxylic acids is 1. The number of anilines is 1. The predicted octanol–water partition coefficient (Wildman–Crippen LogP) is 0.789. The number of carboxylic acids is 1. The summed E-state index contributed by atoms with van der Waals surface area (Å²) in [5.74, 6) is -0.303. The molecule has 0 radical (unpaired) electrons. The molecule has 1 aromatic heterocycles. The average Bonchev–Trinajstić information content (AvgIpc) is 2.96. The molecular weight excluding hydrogens is 236 g/mol. The van der Waals surface area contributed by atoms with Gasteiger partial charge < -0.3 is 19.3 Å². The van der Waals surface area contributed by atoms with Gasteiger partial charge in [-0.1, -0.05) is 0 Å². The Morgan fingerprint density at radius 1 is 1.39 bits per heavy atom. The van der Waals surface area contributed by atoms with Gasteiger partial charge in [-0.3, -0.25) is 4.79 Å². The van der Waals surface area contributed by atoms with Crippen molar-refractivity contribution in [3.05, 3.63) is 17.9 Å². The molecule has 2 saturated heterocycles. The molecule has 0 spiro atoms. The second-order valence-electron chi connectivity index (χ2n) is 4.67. The number of hydrogen-bond donors (Lipinski definition) is 1. The van der Waals surface area contributed by atoms with E-state index in [2.05, 4.69) is 0 Å². The maximum absolute atomic E-state index is 11.6. The summed E-state index contributed by atoms with van der Waals surface area (Å²) in [5, 5.41) is 8.82. The van der Waals surface area contributed by atoms with Gasteiger partial charge in [0, 0.05) is 38.2 Å². The number of hydrogen-bond acceptors (Lipinski definition) is 4. The van der Waals surface area contributed by atoms with Crippen molar-refractivity contribution in [1.82, 2.24) is 4.90 Å². The number of furan rings is 1. The van der Waals surface area contributed by atoms with Crippen LogP contribution in [0.1, 0.15) is 23.4 Å². The zero-order chi connectivity index (χ0) is 12.7. The van der Waals surface area contributed by atoms with Gasteiger partial charge in [-0.15, -0.1) is 0 Å². The minimum Gasteiger partial charge on any atom is -0.475 e. The summed E-state index contributed by atoms with van der Waals surface area (Å²) in [6.07, 6.45) is 1.50. The van der Waals surface area contributed by atoms with E-state index in [9.17, 15) is 9.59 Å². The lowest BCUT2D eigenvalue weighted by molar-refractivity contribution is -0.129. The first-order valence-electron chi connectivity index (χ1n) is 6.02. The fourth-order valence-corrected chi connectivity index (χ4v) is 2.68. The number of nitrogens with zero attached hydrogens (tertiary/aromatic N) is 2. The Kier molecular flexibility index (Phi) is 2.50. The molecule has 96 valence electrons. The minimum absolute atomic E-state index is 0.0464. The zero-order valence-corrected chi connectivity index (χ0v) is 9.83. The Balaban J connectivity index is 1.74. The highest BCUT2D eigenvalue weighted by Crippen LogP contribution is 2.27. The molecule has 1 unspecified atom stereocenters. The molecule has 2 aliphatic heterocycles. The molecule has 0 aromatic carbocycles. The number of amides is 1. The number of piperazine rings is 1. The van der Waals surface area contributed by atoms with Crippen molar-refractivity contribution >= 4 is 17.8 Å². The van der Waals surface area contributed by atoms with Crippen LogP contribution < -0.4 is 4.90 Å². The second kappa shape index (κ2) is 4.04. The van der Waals surface area contributed by atoms with Crippen LogP contribution in [0.2, 0.25) is 0 Å². The van der Waals surface area contributed by atoms with E-state index < -0.39 is 5.97 Å². The lowest BCUT2D eigenvalue weighted by atomic mass is 10.1. The van der Waals surface area contributed by atoms with Gasteiger partial charge in [-0.05, 0) is 12.5 Å². The second-order valence-corrected chi connectivity index (χ2v) is 4.67. The highest BCUT2D eigenvalue weighted by molar-refractivity contribution is 5.85. The molecule has 18 heavy (non-hydrogen) atoms. The molecule has 6 nitrogen and oxygen atoms in total. The van der Waals surface area contributed by atoms with Crippen LogP contribution in [0.25, 0.3) is 0 Å². The van der Waals surface area contributed by atoms with E-state index in [1.54, 1.807) is 6.07 Å². The first-order valence-corrected chi connectivity index (χ1v) is 6.02. The van der Waals surface area contributed by atoms with Gasteiger partial charge >= 0.3 is 5.97 Å². The van der Waals surface area contributed by atoms with Crippen molar-refractivity contribution in [3.8, 4) is 0 Å². The van der Waals surface area contributed by atoms with Crippen LogP contribution in [-0.4, -0.2) is 47.6 Å². The minimum atomic E-state index is -1.06. The monoisotopic (exact) mass is 250 g/mol. The molecule has 0 bridgehead atoms. The van der Waals surface area contributed by atoms with E-state index in [1.807, 2.05) is 9.80 Å². The summed E-state index contributed by atoms with van der Waals surface area (Å²) in [7, 11) is 0. The Morgan fingerprint density at radius 2 is 2.22 bits per heavy atom. The number of carboxylic acid groups (broad SMARTS) is 1. The molecular formula is C12H14N2O4. The summed E-state index contributed by atoms with van der Waals surface area (Å²) in [6, 6.07) is 3.38. The molecule has 1 amide bonds. The topological polar surface area (TPSA) is 74.0 Å². The SMILES string of the molecule is O=C(O)c1ccc(N2CCN3C(=O)CCC3C2)o1. The highest BCUT2D eigenvalue weighted by atomic mass is 16.4. The van der Waals surface area contributed by atoms with Gasteiger partial charge in [-0.2, -0.15) is 0 Å². The van der Waals surface area contributed by atoms with Crippen LogP contribution in [-0.2, 0) is 4.79 Å². The van der Waals surface area contributed by atoms with Gasteiger partial charge in [0.1, 0.15) is 0 Å². The molecule has 3 rings (SSSR count). The molecule has 1 aromatic rings.